The lowest BCUT2D eigenvalue weighted by Crippen LogP contribution is -2.16. The maximum Gasteiger partial charge on any atom is 0.267 e. The Kier molecular flexibility index (Phi) is 4.50. The predicted molar refractivity (Wildman–Crippen MR) is 76.3 cm³/mol. The van der Waals surface area contributed by atoms with E-state index in [2.05, 4.69) is 15.9 Å². The van der Waals surface area contributed by atoms with Crippen LogP contribution in [0, 0.1) is 17.5 Å². The average Bonchev–Trinajstić information content (AvgIpc) is 2.31. The summed E-state index contributed by atoms with van der Waals surface area (Å²) in [6.07, 6.45) is 0. The summed E-state index contributed by atoms with van der Waals surface area (Å²) in [5.41, 5.74) is 0.0365. The first-order chi connectivity index (χ1) is 9.70. The number of anilines is 1. The molecule has 0 amide bonds. The largest absolute Gasteiger partial charge is 0.279 e. The molecule has 112 valence electrons. The second kappa shape index (κ2) is 5.86. The van der Waals surface area contributed by atoms with Gasteiger partial charge in [-0.2, -0.15) is 0 Å². The van der Waals surface area contributed by atoms with Gasteiger partial charge in [-0.05, 0) is 34.1 Å². The van der Waals surface area contributed by atoms with Crippen LogP contribution in [0.5, 0.6) is 0 Å². The molecule has 0 aliphatic heterocycles. The summed E-state index contributed by atoms with van der Waals surface area (Å²) in [6, 6.07) is 4.59. The molecule has 0 saturated heterocycles. The Morgan fingerprint density at radius 2 is 1.62 bits per heavy atom. The van der Waals surface area contributed by atoms with Crippen LogP contribution in [-0.2, 0) is 10.0 Å². The highest BCUT2D eigenvalue weighted by Gasteiger charge is 2.25. The first-order valence-electron chi connectivity index (χ1n) is 5.33. The van der Waals surface area contributed by atoms with Gasteiger partial charge >= 0.3 is 0 Å². The van der Waals surface area contributed by atoms with Crippen molar-refractivity contribution in [3.05, 3.63) is 57.3 Å². The molecule has 0 aromatic heterocycles. The molecule has 2 aromatic carbocycles. The summed E-state index contributed by atoms with van der Waals surface area (Å²) < 4.78 is 66.2. The highest BCUT2D eigenvalue weighted by atomic mass is 79.9. The van der Waals surface area contributed by atoms with Gasteiger partial charge < -0.3 is 0 Å². The van der Waals surface area contributed by atoms with Gasteiger partial charge in [0.15, 0.2) is 4.90 Å². The summed E-state index contributed by atoms with van der Waals surface area (Å²) in [4.78, 5) is -1.25. The summed E-state index contributed by atoms with van der Waals surface area (Å²) >= 11 is 8.83. The van der Waals surface area contributed by atoms with E-state index in [1.165, 1.54) is 18.2 Å². The van der Waals surface area contributed by atoms with E-state index < -0.39 is 32.4 Å². The third-order valence-corrected chi connectivity index (χ3v) is 5.05. The van der Waals surface area contributed by atoms with Crippen molar-refractivity contribution in [1.82, 2.24) is 0 Å². The Morgan fingerprint density at radius 3 is 2.14 bits per heavy atom. The molecule has 21 heavy (non-hydrogen) atoms. The first-order valence-corrected chi connectivity index (χ1v) is 7.98. The zero-order valence-electron chi connectivity index (χ0n) is 10.0. The van der Waals surface area contributed by atoms with Gasteiger partial charge in [-0.1, -0.05) is 11.6 Å². The normalized spacial score (nSPS) is 11.5. The lowest BCUT2D eigenvalue weighted by Gasteiger charge is -2.10. The minimum atomic E-state index is -4.55. The molecule has 2 rings (SSSR count). The van der Waals surface area contributed by atoms with Crippen LogP contribution in [0.15, 0.2) is 39.7 Å². The molecule has 0 spiro atoms. The molecule has 0 unspecified atom stereocenters. The van der Waals surface area contributed by atoms with Crippen LogP contribution >= 0.6 is 27.5 Å². The molecule has 9 heteroatoms. The van der Waals surface area contributed by atoms with Crippen LogP contribution in [-0.4, -0.2) is 8.42 Å². The van der Waals surface area contributed by atoms with Crippen LogP contribution in [0.2, 0.25) is 5.02 Å². The lowest BCUT2D eigenvalue weighted by atomic mass is 10.3. The van der Waals surface area contributed by atoms with Gasteiger partial charge in [0.05, 0.1) is 10.7 Å². The molecule has 0 bridgehead atoms. The maximum absolute atomic E-state index is 13.5. The summed E-state index contributed by atoms with van der Waals surface area (Å²) in [5.74, 6) is -4.25. The highest BCUT2D eigenvalue weighted by Crippen LogP contribution is 2.28. The zero-order valence-corrected chi connectivity index (χ0v) is 13.2. The van der Waals surface area contributed by atoms with Gasteiger partial charge in [-0.15, -0.1) is 0 Å². The summed E-state index contributed by atoms with van der Waals surface area (Å²) in [6.45, 7) is 0. The number of hydrogen-bond acceptors (Lipinski definition) is 2. The fraction of sp³-hybridized carbons (Fsp3) is 0. The van der Waals surface area contributed by atoms with Crippen molar-refractivity contribution >= 4 is 43.2 Å². The van der Waals surface area contributed by atoms with Crippen molar-refractivity contribution in [1.29, 1.82) is 0 Å². The van der Waals surface area contributed by atoms with Crippen LogP contribution < -0.4 is 4.72 Å². The van der Waals surface area contributed by atoms with E-state index in [0.717, 1.165) is 0 Å². The van der Waals surface area contributed by atoms with Gasteiger partial charge in [0.2, 0.25) is 0 Å². The Hall–Kier alpha value is -1.25. The molecule has 0 radical (unpaired) electrons. The molecule has 3 nitrogen and oxygen atoms in total. The van der Waals surface area contributed by atoms with Crippen LogP contribution in [0.25, 0.3) is 0 Å². The third-order valence-electron chi connectivity index (χ3n) is 2.40. The van der Waals surface area contributed by atoms with Crippen molar-refractivity contribution in [2.75, 3.05) is 4.72 Å². The molecule has 0 atom stereocenters. The Labute approximate surface area is 131 Å². The van der Waals surface area contributed by atoms with E-state index >= 15 is 0 Å². The van der Waals surface area contributed by atoms with Gasteiger partial charge in [-0.25, -0.2) is 21.6 Å². The molecule has 0 fully saturated rings. The maximum atomic E-state index is 13.5. The predicted octanol–water partition coefficient (Wildman–Crippen LogP) is 4.32. The number of sulfonamides is 1. The summed E-state index contributed by atoms with van der Waals surface area (Å²) in [5, 5.41) is 0.331. The standard InChI is InChI=1S/C12H6BrClF3NO2S/c13-8-5-7(1-2-9(8)14)18-21(19,20)12-10(16)3-6(15)4-11(12)17/h1-5,18H. The smallest absolute Gasteiger partial charge is 0.267 e. The average molecular weight is 401 g/mol. The monoisotopic (exact) mass is 399 g/mol. The Balaban J connectivity index is 2.46. The van der Waals surface area contributed by atoms with Crippen molar-refractivity contribution < 1.29 is 21.6 Å². The molecule has 0 heterocycles. The lowest BCUT2D eigenvalue weighted by molar-refractivity contribution is 0.498. The summed E-state index contributed by atoms with van der Waals surface area (Å²) in [7, 11) is -4.55. The fourth-order valence-electron chi connectivity index (χ4n) is 1.55. The van der Waals surface area contributed by atoms with E-state index in [1.54, 1.807) is 0 Å². The van der Waals surface area contributed by atoms with Gasteiger partial charge in [0, 0.05) is 16.6 Å². The minimum absolute atomic E-state index is 0.0365. The topological polar surface area (TPSA) is 46.2 Å². The van der Waals surface area contributed by atoms with Gasteiger partial charge in [0.25, 0.3) is 10.0 Å². The molecular formula is C12H6BrClF3NO2S. The van der Waals surface area contributed by atoms with Crippen LogP contribution in [0.4, 0.5) is 18.9 Å². The zero-order chi connectivity index (χ0) is 15.8. The Bertz CT molecular complexity index is 791. The highest BCUT2D eigenvalue weighted by molar-refractivity contribution is 9.10. The molecule has 0 aliphatic carbocycles. The van der Waals surface area contributed by atoms with Gasteiger partial charge in [-0.3, -0.25) is 4.72 Å². The van der Waals surface area contributed by atoms with E-state index in [4.69, 9.17) is 11.6 Å². The van der Waals surface area contributed by atoms with Crippen molar-refractivity contribution in [2.45, 2.75) is 4.90 Å². The van der Waals surface area contributed by atoms with E-state index in [-0.39, 0.29) is 17.8 Å². The van der Waals surface area contributed by atoms with Crippen molar-refractivity contribution in [3.63, 3.8) is 0 Å². The Morgan fingerprint density at radius 1 is 1.05 bits per heavy atom. The number of benzene rings is 2. The number of halogens is 5. The molecule has 0 saturated carbocycles. The minimum Gasteiger partial charge on any atom is -0.279 e. The second-order valence-corrected chi connectivity index (χ2v) is 6.81. The van der Waals surface area contributed by atoms with E-state index in [9.17, 15) is 21.6 Å². The quantitative estimate of drug-likeness (QED) is 0.834. The van der Waals surface area contributed by atoms with Crippen LogP contribution in [0.1, 0.15) is 0 Å². The van der Waals surface area contributed by atoms with E-state index in [1.807, 2.05) is 4.72 Å². The van der Waals surface area contributed by atoms with E-state index in [0.29, 0.717) is 9.50 Å². The second-order valence-electron chi connectivity index (χ2n) is 3.93. The molecular weight excluding hydrogens is 395 g/mol. The molecule has 2 aromatic rings. The first kappa shape index (κ1) is 16.1. The van der Waals surface area contributed by atoms with Crippen molar-refractivity contribution in [3.8, 4) is 0 Å². The van der Waals surface area contributed by atoms with Gasteiger partial charge in [0.1, 0.15) is 17.5 Å². The number of hydrogen-bond donors (Lipinski definition) is 1. The number of nitrogens with one attached hydrogen (secondary N) is 1. The fourth-order valence-corrected chi connectivity index (χ4v) is 3.22. The SMILES string of the molecule is O=S(=O)(Nc1ccc(Cl)c(Br)c1)c1c(F)cc(F)cc1F. The number of rotatable bonds is 3. The van der Waals surface area contributed by atoms with Crippen LogP contribution in [0.3, 0.4) is 0 Å². The van der Waals surface area contributed by atoms with Crippen molar-refractivity contribution in [2.24, 2.45) is 0 Å². The molecule has 1 N–H and O–H groups in total. The third kappa shape index (κ3) is 3.50. The molecule has 0 aliphatic rings.